The lowest BCUT2D eigenvalue weighted by Crippen LogP contribution is -2.37. The Kier molecular flexibility index (Phi) is 6.72. The molecule has 0 aliphatic rings. The molecule has 0 spiro atoms. The van der Waals surface area contributed by atoms with Gasteiger partial charge in [0.15, 0.2) is 12.4 Å². The zero-order valence-electron chi connectivity index (χ0n) is 11.5. The zero-order chi connectivity index (χ0) is 15.0. The molecule has 0 aliphatic heterocycles. The van der Waals surface area contributed by atoms with Crippen molar-refractivity contribution in [3.8, 4) is 5.75 Å². The summed E-state index contributed by atoms with van der Waals surface area (Å²) in [4.78, 5) is 11.7. The summed E-state index contributed by atoms with van der Waals surface area (Å²) in [5.41, 5.74) is 5.98. The summed E-state index contributed by atoms with van der Waals surface area (Å²) in [6.45, 7) is 1.81. The Labute approximate surface area is 122 Å². The molecule has 0 saturated heterocycles. The smallest absolute Gasteiger partial charge is 0.258 e. The van der Waals surface area contributed by atoms with Crippen molar-refractivity contribution in [2.24, 2.45) is 10.9 Å². The van der Waals surface area contributed by atoms with Crippen molar-refractivity contribution in [3.63, 3.8) is 0 Å². The van der Waals surface area contributed by atoms with E-state index in [9.17, 15) is 4.79 Å². The molecule has 0 aromatic heterocycles. The summed E-state index contributed by atoms with van der Waals surface area (Å²) in [7, 11) is 0. The van der Waals surface area contributed by atoms with Gasteiger partial charge in [-0.2, -0.15) is 11.8 Å². The summed E-state index contributed by atoms with van der Waals surface area (Å²) in [6.07, 6.45) is 1.98. The third-order valence-electron chi connectivity index (χ3n) is 2.45. The quantitative estimate of drug-likeness (QED) is 0.302. The molecule has 1 aromatic carbocycles. The third kappa shape index (κ3) is 5.00. The number of amides is 1. The van der Waals surface area contributed by atoms with Crippen molar-refractivity contribution in [3.05, 3.63) is 29.8 Å². The molecule has 110 valence electrons. The molecule has 0 saturated carbocycles. The lowest BCUT2D eigenvalue weighted by atomic mass is 10.2. The van der Waals surface area contributed by atoms with Gasteiger partial charge in [0, 0.05) is 11.8 Å². The van der Waals surface area contributed by atoms with E-state index < -0.39 is 0 Å². The Morgan fingerprint density at radius 3 is 2.90 bits per heavy atom. The average Bonchev–Trinajstić information content (AvgIpc) is 2.44. The highest BCUT2D eigenvalue weighted by Gasteiger charge is 2.11. The van der Waals surface area contributed by atoms with E-state index in [0.29, 0.717) is 11.3 Å². The minimum absolute atomic E-state index is 0.0586. The fourth-order valence-electron chi connectivity index (χ4n) is 1.61. The van der Waals surface area contributed by atoms with Gasteiger partial charge in [0.05, 0.1) is 5.56 Å². The molecule has 20 heavy (non-hydrogen) atoms. The van der Waals surface area contributed by atoms with Gasteiger partial charge in [-0.25, -0.2) is 0 Å². The number of rotatable bonds is 7. The summed E-state index contributed by atoms with van der Waals surface area (Å²) in [5, 5.41) is 14.4. The fourth-order valence-corrected chi connectivity index (χ4v) is 2.19. The predicted octanol–water partition coefficient (Wildman–Crippen LogP) is 1.03. The first-order chi connectivity index (χ1) is 9.58. The van der Waals surface area contributed by atoms with Gasteiger partial charge in [-0.15, -0.1) is 0 Å². The van der Waals surface area contributed by atoms with Crippen LogP contribution in [0.5, 0.6) is 5.75 Å². The molecule has 1 rings (SSSR count). The van der Waals surface area contributed by atoms with Crippen LogP contribution >= 0.6 is 11.8 Å². The van der Waals surface area contributed by atoms with Crippen molar-refractivity contribution in [1.82, 2.24) is 5.32 Å². The molecule has 0 bridgehead atoms. The number of nitrogens with zero attached hydrogens (tertiary/aromatic N) is 1. The standard InChI is InChI=1S/C13H19N3O3S/c1-9(8-20-2)15-12(17)7-19-11-6-4-3-5-10(11)13(14)16-18/h3-6,9,18H,7-8H2,1-2H3,(H2,14,16)(H,15,17). The highest BCUT2D eigenvalue weighted by Crippen LogP contribution is 2.17. The van der Waals surface area contributed by atoms with E-state index in [2.05, 4.69) is 10.5 Å². The number of nitrogens with one attached hydrogen (secondary N) is 1. The van der Waals surface area contributed by atoms with E-state index in [1.54, 1.807) is 36.0 Å². The van der Waals surface area contributed by atoms with Gasteiger partial charge in [-0.3, -0.25) is 4.79 Å². The van der Waals surface area contributed by atoms with Crippen molar-refractivity contribution in [2.45, 2.75) is 13.0 Å². The van der Waals surface area contributed by atoms with Crippen LogP contribution in [0.25, 0.3) is 0 Å². The highest BCUT2D eigenvalue weighted by atomic mass is 32.2. The van der Waals surface area contributed by atoms with Gasteiger partial charge in [-0.1, -0.05) is 17.3 Å². The summed E-state index contributed by atoms with van der Waals surface area (Å²) < 4.78 is 5.41. The van der Waals surface area contributed by atoms with Crippen LogP contribution in [0, 0.1) is 0 Å². The number of carbonyl (C=O) groups excluding carboxylic acids is 1. The second kappa shape index (κ2) is 8.31. The number of ether oxygens (including phenoxy) is 1. The highest BCUT2D eigenvalue weighted by molar-refractivity contribution is 7.98. The topological polar surface area (TPSA) is 96.9 Å². The van der Waals surface area contributed by atoms with Crippen LogP contribution in [0.1, 0.15) is 12.5 Å². The van der Waals surface area contributed by atoms with Gasteiger partial charge in [0.1, 0.15) is 5.75 Å². The number of oxime groups is 1. The molecule has 1 unspecified atom stereocenters. The predicted molar refractivity (Wildman–Crippen MR) is 80.4 cm³/mol. The molecule has 0 heterocycles. The fraction of sp³-hybridized carbons (Fsp3) is 0.385. The van der Waals surface area contributed by atoms with Crippen LogP contribution < -0.4 is 15.8 Å². The first-order valence-corrected chi connectivity index (χ1v) is 7.46. The van der Waals surface area contributed by atoms with Crippen molar-refractivity contribution in [1.29, 1.82) is 0 Å². The van der Waals surface area contributed by atoms with Gasteiger partial charge in [0.25, 0.3) is 5.91 Å². The monoisotopic (exact) mass is 297 g/mol. The second-order valence-corrected chi connectivity index (χ2v) is 5.10. The Morgan fingerprint density at radius 2 is 2.25 bits per heavy atom. The third-order valence-corrected chi connectivity index (χ3v) is 3.29. The van der Waals surface area contributed by atoms with Crippen LogP contribution in [-0.4, -0.2) is 41.6 Å². The molecule has 0 radical (unpaired) electrons. The maximum atomic E-state index is 11.7. The van der Waals surface area contributed by atoms with Gasteiger partial charge >= 0.3 is 0 Å². The second-order valence-electron chi connectivity index (χ2n) is 4.19. The maximum absolute atomic E-state index is 11.7. The number of carbonyl (C=O) groups is 1. The van der Waals surface area contributed by atoms with E-state index in [4.69, 9.17) is 15.7 Å². The average molecular weight is 297 g/mol. The minimum atomic E-state index is -0.208. The molecule has 4 N–H and O–H groups in total. The summed E-state index contributed by atoms with van der Waals surface area (Å²) in [6, 6.07) is 6.88. The van der Waals surface area contributed by atoms with Crippen LogP contribution in [0.2, 0.25) is 0 Å². The van der Waals surface area contributed by atoms with E-state index >= 15 is 0 Å². The Balaban J connectivity index is 2.60. The van der Waals surface area contributed by atoms with Crippen LogP contribution in [0.3, 0.4) is 0 Å². The number of hydrogen-bond acceptors (Lipinski definition) is 5. The van der Waals surface area contributed by atoms with Crippen LogP contribution in [0.4, 0.5) is 0 Å². The number of benzene rings is 1. The van der Waals surface area contributed by atoms with Crippen LogP contribution in [-0.2, 0) is 4.79 Å². The Morgan fingerprint density at radius 1 is 1.55 bits per heavy atom. The number of nitrogens with two attached hydrogens (primary N) is 1. The molecular weight excluding hydrogens is 278 g/mol. The van der Waals surface area contributed by atoms with E-state index in [0.717, 1.165) is 5.75 Å². The van der Waals surface area contributed by atoms with E-state index in [1.165, 1.54) is 0 Å². The largest absolute Gasteiger partial charge is 0.483 e. The van der Waals surface area contributed by atoms with E-state index in [1.807, 2.05) is 13.2 Å². The lowest BCUT2D eigenvalue weighted by Gasteiger charge is -2.14. The molecule has 0 fully saturated rings. The molecule has 6 nitrogen and oxygen atoms in total. The normalized spacial score (nSPS) is 12.8. The van der Waals surface area contributed by atoms with Crippen LogP contribution in [0.15, 0.2) is 29.4 Å². The zero-order valence-corrected chi connectivity index (χ0v) is 12.3. The minimum Gasteiger partial charge on any atom is -0.483 e. The first-order valence-electron chi connectivity index (χ1n) is 6.06. The van der Waals surface area contributed by atoms with Crippen molar-refractivity contribution >= 4 is 23.5 Å². The number of thioether (sulfide) groups is 1. The molecule has 1 amide bonds. The Bertz CT molecular complexity index is 480. The van der Waals surface area contributed by atoms with Gasteiger partial charge in [0.2, 0.25) is 0 Å². The molecule has 1 atom stereocenters. The summed E-state index contributed by atoms with van der Waals surface area (Å²) >= 11 is 1.66. The Hall–Kier alpha value is -1.89. The molecule has 7 heteroatoms. The van der Waals surface area contributed by atoms with Gasteiger partial charge in [-0.05, 0) is 25.3 Å². The number of amidine groups is 1. The summed E-state index contributed by atoms with van der Waals surface area (Å²) in [5.74, 6) is 0.972. The maximum Gasteiger partial charge on any atom is 0.258 e. The molecule has 0 aliphatic carbocycles. The number of hydrogen-bond donors (Lipinski definition) is 3. The molecular formula is C13H19N3O3S. The van der Waals surface area contributed by atoms with E-state index in [-0.39, 0.29) is 24.4 Å². The van der Waals surface area contributed by atoms with Crippen molar-refractivity contribution in [2.75, 3.05) is 18.6 Å². The lowest BCUT2D eigenvalue weighted by molar-refractivity contribution is -0.123. The SMILES string of the molecule is CSCC(C)NC(=O)COc1ccccc1/C(N)=N/O. The molecule has 1 aromatic rings. The first kappa shape index (κ1) is 16.2. The number of para-hydroxylation sites is 1. The van der Waals surface area contributed by atoms with Gasteiger partial charge < -0.3 is 21.0 Å². The van der Waals surface area contributed by atoms with Crippen molar-refractivity contribution < 1.29 is 14.7 Å².